The van der Waals surface area contributed by atoms with Gasteiger partial charge < -0.3 is 19.9 Å². The summed E-state index contributed by atoms with van der Waals surface area (Å²) in [5.41, 5.74) is 0. The molecule has 0 radical (unpaired) electrons. The Kier molecular flexibility index (Phi) is 6.35. The second-order valence-corrected chi connectivity index (χ2v) is 4.49. The van der Waals surface area contributed by atoms with Gasteiger partial charge in [-0.1, -0.05) is 0 Å². The fraction of sp³-hybridized carbons (Fsp3) is 0.583. The quantitative estimate of drug-likeness (QED) is 0.864. The summed E-state index contributed by atoms with van der Waals surface area (Å²) in [6.07, 6.45) is -2.44. The Morgan fingerprint density at radius 1 is 1.41 bits per heavy atom. The van der Waals surface area contributed by atoms with Crippen LogP contribution in [-0.2, 0) is 4.79 Å². The number of aliphatic carboxylic acids is 1. The van der Waals surface area contributed by atoms with Gasteiger partial charge in [-0.25, -0.2) is 14.8 Å². The van der Waals surface area contributed by atoms with Gasteiger partial charge >= 0.3 is 12.1 Å². The standard InChI is InChI=1S/C10H15N3O2.C2HF3O2/c1-7-3-8(5-11-7)15-10-4-9(14-2)12-6-13-10;3-2(4,5)1(6)7/h4,6-8,11H,3,5H2,1-2H3;(H,6,7)/t7-,8+;/m0./s1. The molecule has 0 saturated carbocycles. The maximum absolute atomic E-state index is 10.6. The minimum Gasteiger partial charge on any atom is -0.481 e. The highest BCUT2D eigenvalue weighted by Crippen LogP contribution is 2.17. The van der Waals surface area contributed by atoms with Crippen molar-refractivity contribution in [3.8, 4) is 11.8 Å². The third kappa shape index (κ3) is 6.12. The van der Waals surface area contributed by atoms with Crippen LogP contribution in [0, 0.1) is 0 Å². The zero-order chi connectivity index (χ0) is 16.8. The van der Waals surface area contributed by atoms with E-state index in [0.29, 0.717) is 17.8 Å². The zero-order valence-electron chi connectivity index (χ0n) is 11.9. The van der Waals surface area contributed by atoms with Crippen molar-refractivity contribution in [3.05, 3.63) is 12.4 Å². The van der Waals surface area contributed by atoms with Crippen LogP contribution in [0.25, 0.3) is 0 Å². The molecule has 1 saturated heterocycles. The van der Waals surface area contributed by atoms with Crippen LogP contribution in [0.3, 0.4) is 0 Å². The normalized spacial score (nSPS) is 20.8. The number of ether oxygens (including phenoxy) is 2. The van der Waals surface area contributed by atoms with E-state index in [1.807, 2.05) is 0 Å². The molecular formula is C12H16F3N3O4. The van der Waals surface area contributed by atoms with Gasteiger partial charge in [-0.2, -0.15) is 13.2 Å². The Bertz CT molecular complexity index is 499. The van der Waals surface area contributed by atoms with Crippen LogP contribution in [0.15, 0.2) is 12.4 Å². The molecule has 7 nitrogen and oxygen atoms in total. The van der Waals surface area contributed by atoms with Gasteiger partial charge in [0, 0.05) is 19.0 Å². The molecule has 0 unspecified atom stereocenters. The smallest absolute Gasteiger partial charge is 0.481 e. The summed E-state index contributed by atoms with van der Waals surface area (Å²) >= 11 is 0. The predicted octanol–water partition coefficient (Wildman–Crippen LogP) is 1.25. The number of methoxy groups -OCH3 is 1. The highest BCUT2D eigenvalue weighted by atomic mass is 19.4. The highest BCUT2D eigenvalue weighted by Gasteiger charge is 2.38. The van der Waals surface area contributed by atoms with Crippen molar-refractivity contribution in [3.63, 3.8) is 0 Å². The lowest BCUT2D eigenvalue weighted by atomic mass is 10.2. The monoisotopic (exact) mass is 323 g/mol. The average molecular weight is 323 g/mol. The van der Waals surface area contributed by atoms with E-state index >= 15 is 0 Å². The lowest BCUT2D eigenvalue weighted by Crippen LogP contribution is -2.21. The van der Waals surface area contributed by atoms with E-state index < -0.39 is 12.1 Å². The highest BCUT2D eigenvalue weighted by molar-refractivity contribution is 5.73. The predicted molar refractivity (Wildman–Crippen MR) is 68.8 cm³/mol. The van der Waals surface area contributed by atoms with Crippen molar-refractivity contribution < 1.29 is 32.5 Å². The largest absolute Gasteiger partial charge is 0.490 e. The van der Waals surface area contributed by atoms with Gasteiger partial charge in [0.15, 0.2) is 0 Å². The summed E-state index contributed by atoms with van der Waals surface area (Å²) < 4.78 is 42.4. The van der Waals surface area contributed by atoms with Crippen LogP contribution in [-0.4, -0.2) is 53.0 Å². The average Bonchev–Trinajstić information content (AvgIpc) is 2.84. The third-order valence-corrected chi connectivity index (χ3v) is 2.67. The molecule has 10 heteroatoms. The molecule has 0 aliphatic carbocycles. The molecule has 0 amide bonds. The number of carbonyl (C=O) groups is 1. The fourth-order valence-corrected chi connectivity index (χ4v) is 1.65. The van der Waals surface area contributed by atoms with Gasteiger partial charge in [-0.05, 0) is 6.92 Å². The summed E-state index contributed by atoms with van der Waals surface area (Å²) in [4.78, 5) is 16.8. The summed E-state index contributed by atoms with van der Waals surface area (Å²) in [6, 6.07) is 2.21. The van der Waals surface area contributed by atoms with Crippen LogP contribution in [0.1, 0.15) is 13.3 Å². The first-order valence-corrected chi connectivity index (χ1v) is 6.28. The van der Waals surface area contributed by atoms with Gasteiger partial charge in [0.05, 0.1) is 13.2 Å². The molecule has 2 atom stereocenters. The molecule has 1 aliphatic heterocycles. The van der Waals surface area contributed by atoms with Crippen molar-refractivity contribution in [2.75, 3.05) is 13.7 Å². The molecule has 2 N–H and O–H groups in total. The number of nitrogens with zero attached hydrogens (tertiary/aromatic N) is 2. The molecule has 124 valence electrons. The van der Waals surface area contributed by atoms with Gasteiger partial charge in [0.1, 0.15) is 12.4 Å². The SMILES string of the molecule is COc1cc(O[C@H]2CN[C@@H](C)C2)ncn1.O=C(O)C(F)(F)F. The second kappa shape index (κ2) is 7.78. The number of carboxylic acids is 1. The van der Waals surface area contributed by atoms with Crippen molar-refractivity contribution in [1.29, 1.82) is 0 Å². The van der Waals surface area contributed by atoms with E-state index in [1.165, 1.54) is 6.33 Å². The molecule has 0 bridgehead atoms. The van der Waals surface area contributed by atoms with Gasteiger partial charge in [0.25, 0.3) is 0 Å². The zero-order valence-corrected chi connectivity index (χ0v) is 11.9. The first-order valence-electron chi connectivity index (χ1n) is 6.28. The molecule has 0 spiro atoms. The van der Waals surface area contributed by atoms with Gasteiger partial charge in [0.2, 0.25) is 11.8 Å². The number of halogens is 3. The number of hydrogen-bond acceptors (Lipinski definition) is 6. The van der Waals surface area contributed by atoms with Crippen LogP contribution in [0.4, 0.5) is 13.2 Å². The van der Waals surface area contributed by atoms with E-state index in [0.717, 1.165) is 13.0 Å². The number of hydrogen-bond donors (Lipinski definition) is 2. The van der Waals surface area contributed by atoms with E-state index in [-0.39, 0.29) is 6.10 Å². The minimum absolute atomic E-state index is 0.194. The first kappa shape index (κ1) is 18.0. The number of aromatic nitrogens is 2. The van der Waals surface area contributed by atoms with Gasteiger partial charge in [-0.15, -0.1) is 0 Å². The molecular weight excluding hydrogens is 307 g/mol. The second-order valence-electron chi connectivity index (χ2n) is 4.49. The van der Waals surface area contributed by atoms with Crippen molar-refractivity contribution in [1.82, 2.24) is 15.3 Å². The Morgan fingerprint density at radius 2 is 2.00 bits per heavy atom. The van der Waals surface area contributed by atoms with E-state index in [1.54, 1.807) is 13.2 Å². The topological polar surface area (TPSA) is 93.6 Å². The molecule has 1 aliphatic rings. The third-order valence-electron chi connectivity index (χ3n) is 2.67. The maximum Gasteiger partial charge on any atom is 0.490 e. The van der Waals surface area contributed by atoms with Crippen LogP contribution in [0.2, 0.25) is 0 Å². The number of nitrogens with one attached hydrogen (secondary N) is 1. The molecule has 1 aromatic rings. The molecule has 22 heavy (non-hydrogen) atoms. The molecule has 1 fully saturated rings. The maximum atomic E-state index is 10.6. The minimum atomic E-state index is -5.08. The lowest BCUT2D eigenvalue weighted by molar-refractivity contribution is -0.192. The number of alkyl halides is 3. The van der Waals surface area contributed by atoms with E-state index in [2.05, 4.69) is 22.2 Å². The Labute approximate surface area is 124 Å². The fourth-order valence-electron chi connectivity index (χ4n) is 1.65. The Hall–Kier alpha value is -2.10. The van der Waals surface area contributed by atoms with Crippen LogP contribution in [0.5, 0.6) is 11.8 Å². The lowest BCUT2D eigenvalue weighted by Gasteiger charge is -2.11. The molecule has 2 rings (SSSR count). The summed E-state index contributed by atoms with van der Waals surface area (Å²) in [5, 5.41) is 10.4. The van der Waals surface area contributed by atoms with E-state index in [9.17, 15) is 13.2 Å². The van der Waals surface area contributed by atoms with Crippen LogP contribution >= 0.6 is 0 Å². The first-order chi connectivity index (χ1) is 10.2. The summed E-state index contributed by atoms with van der Waals surface area (Å²) in [6.45, 7) is 3.01. The van der Waals surface area contributed by atoms with E-state index in [4.69, 9.17) is 19.4 Å². The Morgan fingerprint density at radius 3 is 2.45 bits per heavy atom. The molecule has 2 heterocycles. The van der Waals surface area contributed by atoms with Crippen LogP contribution < -0.4 is 14.8 Å². The summed E-state index contributed by atoms with van der Waals surface area (Å²) in [5.74, 6) is -1.66. The van der Waals surface area contributed by atoms with Gasteiger partial charge in [-0.3, -0.25) is 0 Å². The Balaban J connectivity index is 0.000000295. The number of rotatable bonds is 3. The molecule has 1 aromatic heterocycles. The van der Waals surface area contributed by atoms with Crippen molar-refractivity contribution in [2.24, 2.45) is 0 Å². The van der Waals surface area contributed by atoms with Crippen molar-refractivity contribution >= 4 is 5.97 Å². The summed E-state index contributed by atoms with van der Waals surface area (Å²) in [7, 11) is 1.57. The van der Waals surface area contributed by atoms with Crippen molar-refractivity contribution in [2.45, 2.75) is 31.7 Å². The number of carboxylic acid groups (broad SMARTS) is 1. The molecule has 0 aromatic carbocycles.